The molecule has 0 rings (SSSR count). The second-order valence-corrected chi connectivity index (χ2v) is 4.27. The van der Waals surface area contributed by atoms with E-state index in [1.54, 1.807) is 0 Å². The molecule has 0 saturated carbocycles. The molecule has 2 heteroatoms. The van der Waals surface area contributed by atoms with Crippen LogP contribution in [-0.2, 0) is 0 Å². The maximum Gasteiger partial charge on any atom is 0.0270 e. The van der Waals surface area contributed by atoms with Crippen LogP contribution in [0.25, 0.3) is 0 Å². The smallest absolute Gasteiger partial charge is 0.0270 e. The monoisotopic (exact) mass is 232 g/mol. The van der Waals surface area contributed by atoms with Crippen molar-refractivity contribution in [2.75, 3.05) is 0 Å². The van der Waals surface area contributed by atoms with Crippen molar-refractivity contribution in [3.05, 3.63) is 59.0 Å². The van der Waals surface area contributed by atoms with Gasteiger partial charge in [0.25, 0.3) is 0 Å². The Morgan fingerprint density at radius 2 is 1.59 bits per heavy atom. The molecule has 0 amide bonds. The summed E-state index contributed by atoms with van der Waals surface area (Å²) in [6, 6.07) is 0. The van der Waals surface area contributed by atoms with E-state index >= 15 is 0 Å². The summed E-state index contributed by atoms with van der Waals surface area (Å²) < 4.78 is 0. The largest absolute Gasteiger partial charge is 0.402 e. The molecule has 0 spiro atoms. The van der Waals surface area contributed by atoms with Gasteiger partial charge in [0.15, 0.2) is 0 Å². The van der Waals surface area contributed by atoms with Gasteiger partial charge >= 0.3 is 0 Å². The number of nitrogens with two attached hydrogens (primary N) is 2. The van der Waals surface area contributed by atoms with Crippen LogP contribution in [0.4, 0.5) is 0 Å². The van der Waals surface area contributed by atoms with Crippen LogP contribution < -0.4 is 11.5 Å². The third-order valence-corrected chi connectivity index (χ3v) is 2.70. The Balaban J connectivity index is 5.18. The van der Waals surface area contributed by atoms with E-state index in [0.717, 1.165) is 34.4 Å². The summed E-state index contributed by atoms with van der Waals surface area (Å²) in [7, 11) is 0. The van der Waals surface area contributed by atoms with Gasteiger partial charge in [-0.2, -0.15) is 0 Å². The normalized spacial score (nSPS) is 14.4. The maximum absolute atomic E-state index is 5.74. The molecule has 0 aliphatic heterocycles. The maximum atomic E-state index is 5.74. The lowest BCUT2D eigenvalue weighted by Gasteiger charge is -2.08. The highest BCUT2D eigenvalue weighted by atomic mass is 14.6. The van der Waals surface area contributed by atoms with Crippen molar-refractivity contribution >= 4 is 0 Å². The highest BCUT2D eigenvalue weighted by Crippen LogP contribution is 2.19. The van der Waals surface area contributed by atoms with E-state index in [1.807, 2.05) is 26.8 Å². The van der Waals surface area contributed by atoms with Crippen molar-refractivity contribution in [1.82, 2.24) is 0 Å². The molecular weight excluding hydrogens is 208 g/mol. The Labute approximate surface area is 105 Å². The van der Waals surface area contributed by atoms with E-state index in [2.05, 4.69) is 26.2 Å². The van der Waals surface area contributed by atoms with Gasteiger partial charge in [-0.25, -0.2) is 0 Å². The minimum absolute atomic E-state index is 0.573. The Morgan fingerprint density at radius 1 is 1.06 bits per heavy atom. The van der Waals surface area contributed by atoms with Crippen molar-refractivity contribution in [3.8, 4) is 0 Å². The van der Waals surface area contributed by atoms with Crippen LogP contribution >= 0.6 is 0 Å². The lowest BCUT2D eigenvalue weighted by Crippen LogP contribution is -1.98. The van der Waals surface area contributed by atoms with Crippen LogP contribution in [0, 0.1) is 0 Å². The van der Waals surface area contributed by atoms with Crippen LogP contribution in [0.3, 0.4) is 0 Å². The van der Waals surface area contributed by atoms with E-state index in [9.17, 15) is 0 Å². The van der Waals surface area contributed by atoms with E-state index in [-0.39, 0.29) is 0 Å². The summed E-state index contributed by atoms with van der Waals surface area (Å²) >= 11 is 0. The van der Waals surface area contributed by atoms with Gasteiger partial charge in [-0.3, -0.25) is 0 Å². The summed E-state index contributed by atoms with van der Waals surface area (Å²) in [5.41, 5.74) is 16.9. The van der Waals surface area contributed by atoms with Crippen LogP contribution in [0.2, 0.25) is 0 Å². The van der Waals surface area contributed by atoms with Crippen LogP contribution in [0.5, 0.6) is 0 Å². The zero-order valence-electron chi connectivity index (χ0n) is 11.4. The van der Waals surface area contributed by atoms with Crippen molar-refractivity contribution in [1.29, 1.82) is 0 Å². The van der Waals surface area contributed by atoms with Crippen LogP contribution in [0.15, 0.2) is 59.0 Å². The minimum Gasteiger partial charge on any atom is -0.402 e. The fourth-order valence-corrected chi connectivity index (χ4v) is 1.24. The Morgan fingerprint density at radius 3 is 1.94 bits per heavy atom. The first-order valence-corrected chi connectivity index (χ1v) is 5.75. The van der Waals surface area contributed by atoms with E-state index < -0.39 is 0 Å². The van der Waals surface area contributed by atoms with E-state index in [4.69, 9.17) is 11.5 Å². The molecule has 94 valence electrons. The average Bonchev–Trinajstić information content (AvgIpc) is 2.24. The zero-order chi connectivity index (χ0) is 13.6. The molecule has 0 fully saturated rings. The summed E-state index contributed by atoms with van der Waals surface area (Å²) in [6.45, 7) is 15.7. The van der Waals surface area contributed by atoms with Crippen molar-refractivity contribution in [3.63, 3.8) is 0 Å². The fourth-order valence-electron chi connectivity index (χ4n) is 1.24. The van der Waals surface area contributed by atoms with Crippen molar-refractivity contribution in [2.24, 2.45) is 11.5 Å². The SMILES string of the molecule is C=C(N)/C(C)=C\C(=C)/C(=C/C(C)=C(\C)N)CC. The molecule has 0 radical (unpaired) electrons. The molecule has 0 aliphatic rings. The first-order valence-electron chi connectivity index (χ1n) is 5.75. The lowest BCUT2D eigenvalue weighted by molar-refractivity contribution is 1.11. The molecule has 0 atom stereocenters. The highest BCUT2D eigenvalue weighted by Gasteiger charge is 2.00. The quantitative estimate of drug-likeness (QED) is 0.712. The summed E-state index contributed by atoms with van der Waals surface area (Å²) in [6.07, 6.45) is 4.93. The first kappa shape index (κ1) is 15.3. The van der Waals surface area contributed by atoms with Crippen LogP contribution in [-0.4, -0.2) is 0 Å². The zero-order valence-corrected chi connectivity index (χ0v) is 11.4. The molecule has 2 nitrogen and oxygen atoms in total. The summed E-state index contributed by atoms with van der Waals surface area (Å²) in [5, 5.41) is 0. The van der Waals surface area contributed by atoms with Crippen molar-refractivity contribution in [2.45, 2.75) is 34.1 Å². The predicted molar refractivity (Wildman–Crippen MR) is 77.2 cm³/mol. The molecule has 17 heavy (non-hydrogen) atoms. The van der Waals surface area contributed by atoms with Crippen LogP contribution in [0.1, 0.15) is 34.1 Å². The average molecular weight is 232 g/mol. The van der Waals surface area contributed by atoms with Gasteiger partial charge < -0.3 is 11.5 Å². The number of hydrogen-bond acceptors (Lipinski definition) is 2. The number of allylic oxidation sites excluding steroid dienone is 7. The van der Waals surface area contributed by atoms with E-state index in [1.165, 1.54) is 0 Å². The van der Waals surface area contributed by atoms with Gasteiger partial charge in [0.05, 0.1) is 0 Å². The molecule has 0 aliphatic carbocycles. The highest BCUT2D eigenvalue weighted by molar-refractivity contribution is 5.45. The van der Waals surface area contributed by atoms with E-state index in [0.29, 0.717) is 5.70 Å². The molecule has 0 heterocycles. The van der Waals surface area contributed by atoms with Gasteiger partial charge in [0.1, 0.15) is 0 Å². The third-order valence-electron chi connectivity index (χ3n) is 2.70. The summed E-state index contributed by atoms with van der Waals surface area (Å²) in [5.74, 6) is 0. The molecule has 0 bridgehead atoms. The Hall–Kier alpha value is -1.70. The minimum atomic E-state index is 0.573. The molecule has 0 aromatic heterocycles. The summed E-state index contributed by atoms with van der Waals surface area (Å²) in [4.78, 5) is 0. The standard InChI is InChI=1S/C15H24N2/c1-7-15(9-11(3)14(6)17)12(4)8-10(2)13(5)16/h8-9H,4-5,7,16-17H2,1-3,6H3/b10-8-,14-11+,15-9+. The van der Waals surface area contributed by atoms with Crippen molar-refractivity contribution < 1.29 is 0 Å². The first-order chi connectivity index (χ1) is 7.79. The molecule has 4 N–H and O–H groups in total. The number of hydrogen-bond donors (Lipinski definition) is 2. The Bertz CT molecular complexity index is 403. The van der Waals surface area contributed by atoms with Gasteiger partial charge in [0, 0.05) is 11.4 Å². The number of rotatable bonds is 5. The molecule has 0 saturated heterocycles. The second kappa shape index (κ2) is 6.79. The fraction of sp³-hybridized carbons (Fsp3) is 0.333. The van der Waals surface area contributed by atoms with Gasteiger partial charge in [-0.15, -0.1) is 0 Å². The topological polar surface area (TPSA) is 52.0 Å². The Kier molecular flexibility index (Phi) is 6.11. The second-order valence-electron chi connectivity index (χ2n) is 4.27. The lowest BCUT2D eigenvalue weighted by atomic mass is 9.99. The van der Waals surface area contributed by atoms with Gasteiger partial charge in [-0.05, 0) is 49.5 Å². The molecular formula is C15H24N2. The predicted octanol–water partition coefficient (Wildman–Crippen LogP) is 3.55. The van der Waals surface area contributed by atoms with Gasteiger partial charge in [-0.1, -0.05) is 32.2 Å². The molecule has 0 aromatic carbocycles. The van der Waals surface area contributed by atoms with Gasteiger partial charge in [0.2, 0.25) is 0 Å². The third kappa shape index (κ3) is 5.25. The molecule has 0 aromatic rings. The molecule has 0 unspecified atom stereocenters.